The summed E-state index contributed by atoms with van der Waals surface area (Å²) in [5, 5.41) is 22.0. The number of azo groups is 1. The number of hydrogen-bond donors (Lipinski definition) is 1. The van der Waals surface area contributed by atoms with Crippen molar-refractivity contribution in [2.24, 2.45) is 10.2 Å². The van der Waals surface area contributed by atoms with Crippen LogP contribution < -0.4 is 0 Å². The Morgan fingerprint density at radius 1 is 1.17 bits per heavy atom. The van der Waals surface area contributed by atoms with E-state index in [4.69, 9.17) is 0 Å². The molecule has 0 fully saturated rings. The number of thiophene rings is 2. The Balaban J connectivity index is 2.09. The van der Waals surface area contributed by atoms with Crippen molar-refractivity contribution < 1.29 is 5.11 Å². The lowest BCUT2D eigenvalue weighted by Gasteiger charge is -1.97. The van der Waals surface area contributed by atoms with Gasteiger partial charge in [-0.15, -0.1) is 32.9 Å². The SMILES string of the molecule is Cc1cc2c(O)ccc(N=Nc3cccs3)c2s1. The number of nitrogens with zero attached hydrogens (tertiary/aromatic N) is 2. The van der Waals surface area contributed by atoms with E-state index in [1.54, 1.807) is 34.8 Å². The summed E-state index contributed by atoms with van der Waals surface area (Å²) in [4.78, 5) is 1.15. The Morgan fingerprint density at radius 3 is 2.83 bits per heavy atom. The van der Waals surface area contributed by atoms with Gasteiger partial charge < -0.3 is 5.11 Å². The molecule has 2 heterocycles. The average molecular weight is 274 g/mol. The van der Waals surface area contributed by atoms with Crippen molar-refractivity contribution in [1.82, 2.24) is 0 Å². The van der Waals surface area contributed by atoms with Crippen LogP contribution in [-0.4, -0.2) is 5.11 Å². The monoisotopic (exact) mass is 274 g/mol. The van der Waals surface area contributed by atoms with Gasteiger partial charge in [-0.3, -0.25) is 0 Å². The third-order valence-electron chi connectivity index (χ3n) is 2.53. The molecular formula is C13H10N2OS2. The molecule has 0 spiro atoms. The predicted molar refractivity (Wildman–Crippen MR) is 76.7 cm³/mol. The summed E-state index contributed by atoms with van der Waals surface area (Å²) >= 11 is 3.17. The van der Waals surface area contributed by atoms with Gasteiger partial charge in [0, 0.05) is 10.3 Å². The fourth-order valence-electron chi connectivity index (χ4n) is 1.73. The Bertz CT molecular complexity index is 714. The summed E-state index contributed by atoms with van der Waals surface area (Å²) in [7, 11) is 0. The summed E-state index contributed by atoms with van der Waals surface area (Å²) in [6, 6.07) is 9.30. The minimum absolute atomic E-state index is 0.296. The zero-order chi connectivity index (χ0) is 12.5. The highest BCUT2D eigenvalue weighted by Gasteiger charge is 2.08. The molecule has 5 heteroatoms. The number of hydrogen-bond acceptors (Lipinski definition) is 5. The third-order valence-corrected chi connectivity index (χ3v) is 4.35. The van der Waals surface area contributed by atoms with Gasteiger partial charge in [0.1, 0.15) is 16.4 Å². The number of rotatable bonds is 2. The molecule has 0 radical (unpaired) electrons. The minimum Gasteiger partial charge on any atom is -0.507 e. The number of phenols is 1. The van der Waals surface area contributed by atoms with Crippen molar-refractivity contribution in [3.05, 3.63) is 40.6 Å². The molecule has 0 aliphatic carbocycles. The van der Waals surface area contributed by atoms with Gasteiger partial charge in [-0.25, -0.2) is 0 Å². The molecule has 0 saturated heterocycles. The van der Waals surface area contributed by atoms with Crippen LogP contribution in [0.15, 0.2) is 45.9 Å². The largest absolute Gasteiger partial charge is 0.507 e. The third kappa shape index (κ3) is 2.02. The van der Waals surface area contributed by atoms with Gasteiger partial charge in [-0.1, -0.05) is 0 Å². The fourth-order valence-corrected chi connectivity index (χ4v) is 3.25. The normalized spacial score (nSPS) is 11.6. The Labute approximate surface area is 112 Å². The molecule has 0 aliphatic heterocycles. The predicted octanol–water partition coefficient (Wildman–Crippen LogP) is 5.39. The van der Waals surface area contributed by atoms with E-state index >= 15 is 0 Å². The molecule has 0 saturated carbocycles. The molecule has 1 N–H and O–H groups in total. The quantitative estimate of drug-likeness (QED) is 0.625. The van der Waals surface area contributed by atoms with Crippen molar-refractivity contribution in [1.29, 1.82) is 0 Å². The van der Waals surface area contributed by atoms with Gasteiger partial charge in [0.05, 0.1) is 4.70 Å². The van der Waals surface area contributed by atoms with Gasteiger partial charge in [0.25, 0.3) is 0 Å². The van der Waals surface area contributed by atoms with Crippen LogP contribution in [0.5, 0.6) is 5.75 Å². The van der Waals surface area contributed by atoms with E-state index in [0.717, 1.165) is 25.7 Å². The highest BCUT2D eigenvalue weighted by molar-refractivity contribution is 7.19. The van der Waals surface area contributed by atoms with Gasteiger partial charge in [0.2, 0.25) is 0 Å². The van der Waals surface area contributed by atoms with E-state index in [-0.39, 0.29) is 0 Å². The minimum atomic E-state index is 0.296. The summed E-state index contributed by atoms with van der Waals surface area (Å²) in [6.07, 6.45) is 0. The average Bonchev–Trinajstić information content (AvgIpc) is 2.97. The molecule has 18 heavy (non-hydrogen) atoms. The molecule has 0 bridgehead atoms. The summed E-state index contributed by atoms with van der Waals surface area (Å²) in [5.74, 6) is 0.296. The zero-order valence-electron chi connectivity index (χ0n) is 9.62. The van der Waals surface area contributed by atoms with Crippen LogP contribution in [0.1, 0.15) is 4.88 Å². The van der Waals surface area contributed by atoms with E-state index in [2.05, 4.69) is 10.2 Å². The first-order valence-electron chi connectivity index (χ1n) is 5.41. The van der Waals surface area contributed by atoms with Crippen molar-refractivity contribution >= 4 is 43.4 Å². The smallest absolute Gasteiger partial charge is 0.138 e. The van der Waals surface area contributed by atoms with Gasteiger partial charge >= 0.3 is 0 Å². The van der Waals surface area contributed by atoms with Crippen LogP contribution in [-0.2, 0) is 0 Å². The second-order valence-corrected chi connectivity index (χ2v) is 6.04. The number of aromatic hydroxyl groups is 1. The van der Waals surface area contributed by atoms with Crippen molar-refractivity contribution in [3.8, 4) is 5.75 Å². The lowest BCUT2D eigenvalue weighted by Crippen LogP contribution is -1.67. The second kappa shape index (κ2) is 4.51. The van der Waals surface area contributed by atoms with Crippen LogP contribution in [0, 0.1) is 6.92 Å². The van der Waals surface area contributed by atoms with Crippen LogP contribution in [0.2, 0.25) is 0 Å². The van der Waals surface area contributed by atoms with Crippen molar-refractivity contribution in [2.45, 2.75) is 6.92 Å². The lowest BCUT2D eigenvalue weighted by molar-refractivity contribution is 0.482. The van der Waals surface area contributed by atoms with Crippen LogP contribution in [0.3, 0.4) is 0 Å². The maximum absolute atomic E-state index is 9.80. The standard InChI is InChI=1S/C13H10N2OS2/c1-8-7-9-11(16)5-4-10(13(9)18-8)14-15-12-3-2-6-17-12/h2-7,16H,1H3. The van der Waals surface area contributed by atoms with Crippen LogP contribution >= 0.6 is 22.7 Å². The number of phenolic OH excluding ortho intramolecular Hbond substituents is 1. The molecule has 3 nitrogen and oxygen atoms in total. The summed E-state index contributed by atoms with van der Waals surface area (Å²) in [5.41, 5.74) is 0.800. The summed E-state index contributed by atoms with van der Waals surface area (Å²) in [6.45, 7) is 2.02. The van der Waals surface area contributed by atoms with E-state index in [1.807, 2.05) is 30.5 Å². The van der Waals surface area contributed by atoms with Crippen molar-refractivity contribution in [2.75, 3.05) is 0 Å². The van der Waals surface area contributed by atoms with Gasteiger partial charge in [-0.05, 0) is 42.6 Å². The molecule has 0 aliphatic rings. The molecule has 3 aromatic rings. The Hall–Kier alpha value is -1.72. The molecular weight excluding hydrogens is 264 g/mol. The molecule has 90 valence electrons. The van der Waals surface area contributed by atoms with Crippen LogP contribution in [0.4, 0.5) is 10.7 Å². The highest BCUT2D eigenvalue weighted by atomic mass is 32.1. The number of fused-ring (bicyclic) bond motifs is 1. The molecule has 0 unspecified atom stereocenters. The van der Waals surface area contributed by atoms with E-state index in [1.165, 1.54) is 0 Å². The maximum Gasteiger partial charge on any atom is 0.138 e. The second-order valence-electron chi connectivity index (χ2n) is 3.85. The number of aryl methyl sites for hydroxylation is 1. The molecule has 2 aromatic heterocycles. The fraction of sp³-hybridized carbons (Fsp3) is 0.0769. The van der Waals surface area contributed by atoms with E-state index < -0.39 is 0 Å². The van der Waals surface area contributed by atoms with E-state index in [0.29, 0.717) is 5.75 Å². The Kier molecular flexibility index (Phi) is 2.85. The van der Waals surface area contributed by atoms with Gasteiger partial charge in [-0.2, -0.15) is 0 Å². The van der Waals surface area contributed by atoms with E-state index in [9.17, 15) is 5.11 Å². The molecule has 3 rings (SSSR count). The topological polar surface area (TPSA) is 45.0 Å². The molecule has 0 amide bonds. The maximum atomic E-state index is 9.80. The lowest BCUT2D eigenvalue weighted by atomic mass is 10.2. The molecule has 0 atom stereocenters. The Morgan fingerprint density at radius 2 is 2.06 bits per heavy atom. The van der Waals surface area contributed by atoms with Crippen molar-refractivity contribution in [3.63, 3.8) is 0 Å². The first-order valence-corrected chi connectivity index (χ1v) is 7.11. The first-order chi connectivity index (χ1) is 8.74. The highest BCUT2D eigenvalue weighted by Crippen LogP contribution is 2.39. The molecule has 1 aromatic carbocycles. The zero-order valence-corrected chi connectivity index (χ0v) is 11.3. The summed E-state index contributed by atoms with van der Waals surface area (Å²) < 4.78 is 0.979. The van der Waals surface area contributed by atoms with Gasteiger partial charge in [0.15, 0.2) is 0 Å². The number of benzene rings is 1. The first kappa shape index (κ1) is 11.4. The van der Waals surface area contributed by atoms with Crippen LogP contribution in [0.25, 0.3) is 10.1 Å².